The number of carbonyl (C=O) groups is 1. The molecule has 0 aliphatic rings. The van der Waals surface area contributed by atoms with Gasteiger partial charge in [-0.25, -0.2) is 4.68 Å². The minimum atomic E-state index is -0.153. The van der Waals surface area contributed by atoms with Gasteiger partial charge in [-0.15, -0.1) is 5.10 Å². The Morgan fingerprint density at radius 3 is 2.71 bits per heavy atom. The molecule has 7 heteroatoms. The third-order valence-corrected chi connectivity index (χ3v) is 3.46. The Labute approximate surface area is 144 Å². The van der Waals surface area contributed by atoms with Crippen LogP contribution in [0.1, 0.15) is 12.6 Å². The van der Waals surface area contributed by atoms with Crippen LogP contribution < -0.4 is 10.1 Å². The number of anilines is 1. The van der Waals surface area contributed by atoms with Gasteiger partial charge in [-0.1, -0.05) is 28.9 Å². The van der Waals surface area contributed by atoms with E-state index in [9.17, 15) is 4.79 Å². The fourth-order valence-corrected chi connectivity index (χ4v) is 2.25. The number of hydrogen-bond acceptors (Lipinski definition) is 4. The van der Waals surface area contributed by atoms with Gasteiger partial charge < -0.3 is 10.1 Å². The number of rotatable bonds is 5. The first kappa shape index (κ1) is 16.0. The molecule has 1 N–H and O–H groups in total. The highest BCUT2D eigenvalue weighted by Crippen LogP contribution is 2.24. The van der Waals surface area contributed by atoms with Crippen LogP contribution in [0.5, 0.6) is 5.75 Å². The first-order valence-electron chi connectivity index (χ1n) is 7.28. The van der Waals surface area contributed by atoms with Crippen LogP contribution in [-0.2, 0) is 11.4 Å². The van der Waals surface area contributed by atoms with Crippen LogP contribution in [0.4, 0.5) is 5.69 Å². The molecular formula is C17H15ClN4O2. The van der Waals surface area contributed by atoms with E-state index in [0.29, 0.717) is 22.2 Å². The fourth-order valence-electron chi connectivity index (χ4n) is 2.12. The van der Waals surface area contributed by atoms with Crippen molar-refractivity contribution in [3.63, 3.8) is 0 Å². The zero-order chi connectivity index (χ0) is 16.9. The van der Waals surface area contributed by atoms with Crippen molar-refractivity contribution in [1.29, 1.82) is 0 Å². The molecule has 6 nitrogen and oxygen atoms in total. The Balaban J connectivity index is 1.70. The van der Waals surface area contributed by atoms with Crippen LogP contribution in [0.2, 0.25) is 5.02 Å². The van der Waals surface area contributed by atoms with Crippen molar-refractivity contribution in [3.8, 4) is 11.4 Å². The van der Waals surface area contributed by atoms with E-state index in [-0.39, 0.29) is 12.5 Å². The molecule has 0 spiro atoms. The smallest absolute Gasteiger partial charge is 0.221 e. The molecule has 1 heterocycles. The Kier molecular flexibility index (Phi) is 4.77. The quantitative estimate of drug-likeness (QED) is 0.771. The minimum Gasteiger partial charge on any atom is -0.485 e. The largest absolute Gasteiger partial charge is 0.485 e. The van der Waals surface area contributed by atoms with Crippen molar-refractivity contribution in [1.82, 2.24) is 15.0 Å². The van der Waals surface area contributed by atoms with Crippen molar-refractivity contribution in [2.75, 3.05) is 5.32 Å². The Morgan fingerprint density at radius 2 is 1.96 bits per heavy atom. The average molecular weight is 343 g/mol. The molecule has 3 aromatic rings. The Bertz CT molecular complexity index is 846. The predicted octanol–water partition coefficient (Wildman–Crippen LogP) is 3.46. The number of aromatic nitrogens is 3. The van der Waals surface area contributed by atoms with Crippen molar-refractivity contribution in [3.05, 3.63) is 65.4 Å². The molecular weight excluding hydrogens is 328 g/mol. The van der Waals surface area contributed by atoms with Gasteiger partial charge in [0.2, 0.25) is 5.91 Å². The van der Waals surface area contributed by atoms with Crippen LogP contribution in [-0.4, -0.2) is 20.9 Å². The predicted molar refractivity (Wildman–Crippen MR) is 91.4 cm³/mol. The van der Waals surface area contributed by atoms with Crippen LogP contribution in [0.15, 0.2) is 54.7 Å². The highest BCUT2D eigenvalue weighted by molar-refractivity contribution is 6.30. The molecule has 0 unspecified atom stereocenters. The minimum absolute atomic E-state index is 0.153. The molecule has 0 radical (unpaired) electrons. The summed E-state index contributed by atoms with van der Waals surface area (Å²) in [7, 11) is 0. The number of para-hydroxylation sites is 2. The number of ether oxygens (including phenoxy) is 1. The van der Waals surface area contributed by atoms with E-state index in [1.165, 1.54) is 6.92 Å². The topological polar surface area (TPSA) is 69.0 Å². The SMILES string of the molecule is CC(=O)Nc1ccccc1OCc1cn(-c2ccc(Cl)cc2)nn1. The molecule has 0 aliphatic heterocycles. The van der Waals surface area contributed by atoms with Crippen molar-refractivity contribution in [2.45, 2.75) is 13.5 Å². The van der Waals surface area contributed by atoms with Crippen LogP contribution in [0, 0.1) is 0 Å². The maximum atomic E-state index is 11.2. The standard InChI is InChI=1S/C17H15ClN4O2/c1-12(23)19-16-4-2-3-5-17(16)24-11-14-10-22(21-20-14)15-8-6-13(18)7-9-15/h2-10H,11H2,1H3,(H,19,23). The Morgan fingerprint density at radius 1 is 1.21 bits per heavy atom. The van der Waals surface area contributed by atoms with Crippen molar-refractivity contribution in [2.24, 2.45) is 0 Å². The monoisotopic (exact) mass is 342 g/mol. The molecule has 0 bridgehead atoms. The fraction of sp³-hybridized carbons (Fsp3) is 0.118. The highest BCUT2D eigenvalue weighted by Gasteiger charge is 2.07. The van der Waals surface area contributed by atoms with Gasteiger partial charge >= 0.3 is 0 Å². The second kappa shape index (κ2) is 7.14. The molecule has 3 rings (SSSR count). The first-order valence-corrected chi connectivity index (χ1v) is 7.66. The van der Waals surface area contributed by atoms with Gasteiger partial charge in [0.15, 0.2) is 0 Å². The second-order valence-electron chi connectivity index (χ2n) is 5.10. The zero-order valence-corrected chi connectivity index (χ0v) is 13.7. The molecule has 0 atom stereocenters. The van der Waals surface area contributed by atoms with E-state index in [1.807, 2.05) is 24.3 Å². The molecule has 24 heavy (non-hydrogen) atoms. The third-order valence-electron chi connectivity index (χ3n) is 3.21. The molecule has 2 aromatic carbocycles. The number of carbonyl (C=O) groups excluding carboxylic acids is 1. The summed E-state index contributed by atoms with van der Waals surface area (Å²) < 4.78 is 7.39. The molecule has 1 aromatic heterocycles. The molecule has 0 saturated carbocycles. The van der Waals surface area contributed by atoms with Gasteiger partial charge in [0.25, 0.3) is 0 Å². The molecule has 1 amide bonds. The lowest BCUT2D eigenvalue weighted by Gasteiger charge is -2.10. The van der Waals surface area contributed by atoms with E-state index in [2.05, 4.69) is 15.6 Å². The summed E-state index contributed by atoms with van der Waals surface area (Å²) in [5, 5.41) is 11.6. The van der Waals surface area contributed by atoms with E-state index in [4.69, 9.17) is 16.3 Å². The van der Waals surface area contributed by atoms with Crippen molar-refractivity contribution < 1.29 is 9.53 Å². The number of nitrogens with zero attached hydrogens (tertiary/aromatic N) is 3. The molecule has 0 aliphatic carbocycles. The first-order chi connectivity index (χ1) is 11.6. The van der Waals surface area contributed by atoms with Gasteiger partial charge in [0.05, 0.1) is 17.6 Å². The maximum absolute atomic E-state index is 11.2. The average Bonchev–Trinajstić information content (AvgIpc) is 3.03. The number of benzene rings is 2. The molecule has 0 fully saturated rings. The van der Waals surface area contributed by atoms with Crippen LogP contribution in [0.3, 0.4) is 0 Å². The lowest BCUT2D eigenvalue weighted by Crippen LogP contribution is -2.07. The summed E-state index contributed by atoms with van der Waals surface area (Å²) in [5.74, 6) is 0.425. The van der Waals surface area contributed by atoms with E-state index in [0.717, 1.165) is 5.69 Å². The lowest BCUT2D eigenvalue weighted by atomic mass is 10.3. The normalized spacial score (nSPS) is 10.4. The van der Waals surface area contributed by atoms with Crippen molar-refractivity contribution >= 4 is 23.2 Å². The number of amides is 1. The van der Waals surface area contributed by atoms with Gasteiger partial charge in [0.1, 0.15) is 18.1 Å². The maximum Gasteiger partial charge on any atom is 0.221 e. The lowest BCUT2D eigenvalue weighted by molar-refractivity contribution is -0.114. The summed E-state index contributed by atoms with van der Waals surface area (Å²) in [6.07, 6.45) is 1.78. The summed E-state index contributed by atoms with van der Waals surface area (Å²) in [4.78, 5) is 11.2. The second-order valence-corrected chi connectivity index (χ2v) is 5.53. The van der Waals surface area contributed by atoms with E-state index < -0.39 is 0 Å². The van der Waals surface area contributed by atoms with Crippen LogP contribution >= 0.6 is 11.6 Å². The number of nitrogens with one attached hydrogen (secondary N) is 1. The molecule has 0 saturated heterocycles. The summed E-state index contributed by atoms with van der Waals surface area (Å²) in [5.41, 5.74) is 2.15. The van der Waals surface area contributed by atoms with Gasteiger partial charge in [-0.3, -0.25) is 4.79 Å². The van der Waals surface area contributed by atoms with Gasteiger partial charge in [-0.05, 0) is 36.4 Å². The van der Waals surface area contributed by atoms with Crippen LogP contribution in [0.25, 0.3) is 5.69 Å². The summed E-state index contributed by atoms with van der Waals surface area (Å²) in [6.45, 7) is 1.69. The third kappa shape index (κ3) is 3.91. The number of halogens is 1. The van der Waals surface area contributed by atoms with Gasteiger partial charge in [-0.2, -0.15) is 0 Å². The number of hydrogen-bond donors (Lipinski definition) is 1. The van der Waals surface area contributed by atoms with Gasteiger partial charge in [0, 0.05) is 11.9 Å². The molecule has 122 valence electrons. The zero-order valence-electron chi connectivity index (χ0n) is 12.9. The Hall–Kier alpha value is -2.86. The van der Waals surface area contributed by atoms with E-state index >= 15 is 0 Å². The summed E-state index contributed by atoms with van der Waals surface area (Å²) >= 11 is 5.88. The van der Waals surface area contributed by atoms with E-state index in [1.54, 1.807) is 35.1 Å². The summed E-state index contributed by atoms with van der Waals surface area (Å²) in [6, 6.07) is 14.5. The highest BCUT2D eigenvalue weighted by atomic mass is 35.5.